The van der Waals surface area contributed by atoms with Crippen molar-refractivity contribution in [2.75, 3.05) is 5.88 Å². The molecule has 0 heterocycles. The third-order valence-electron chi connectivity index (χ3n) is 1.99. The summed E-state index contributed by atoms with van der Waals surface area (Å²) in [6, 6.07) is 1.69. The third kappa shape index (κ3) is 3.19. The van der Waals surface area contributed by atoms with Crippen LogP contribution < -0.4 is 0 Å². The van der Waals surface area contributed by atoms with Gasteiger partial charge in [-0.05, 0) is 34.7 Å². The Balaban J connectivity index is 3.52. The second kappa shape index (κ2) is 5.34. The fraction of sp³-hybridized carbons (Fsp3) is 0.200. The van der Waals surface area contributed by atoms with Crippen molar-refractivity contribution in [3.05, 3.63) is 32.4 Å². The lowest BCUT2D eigenvalue weighted by Gasteiger charge is -2.13. The highest BCUT2D eigenvalue weighted by atomic mass is 127. The summed E-state index contributed by atoms with van der Waals surface area (Å²) in [5.41, 5.74) is -1.61. The van der Waals surface area contributed by atoms with Gasteiger partial charge in [0, 0.05) is 14.7 Å². The summed E-state index contributed by atoms with van der Waals surface area (Å²) in [7, 11) is 0. The van der Waals surface area contributed by atoms with E-state index in [1.807, 2.05) is 0 Å². The van der Waals surface area contributed by atoms with E-state index in [-0.39, 0.29) is 9.13 Å². The molecule has 0 fully saturated rings. The quantitative estimate of drug-likeness (QED) is 0.350. The number of carbonyl (C=O) groups excluding carboxylic acids is 2. The number of alkyl halides is 4. The molecule has 0 amide bonds. The highest BCUT2D eigenvalue weighted by Gasteiger charge is 2.35. The third-order valence-corrected chi connectivity index (χ3v) is 3.17. The van der Waals surface area contributed by atoms with Crippen LogP contribution in [0, 0.1) is 3.57 Å². The highest BCUT2D eigenvalue weighted by molar-refractivity contribution is 14.1. The average molecular weight is 376 g/mol. The van der Waals surface area contributed by atoms with Crippen LogP contribution in [0.25, 0.3) is 0 Å². The van der Waals surface area contributed by atoms with E-state index in [2.05, 4.69) is 0 Å². The molecule has 0 atom stereocenters. The smallest absolute Gasteiger partial charge is 0.298 e. The highest BCUT2D eigenvalue weighted by Crippen LogP contribution is 2.34. The van der Waals surface area contributed by atoms with Crippen molar-refractivity contribution in [2.24, 2.45) is 0 Å². The number of aldehydes is 1. The Morgan fingerprint density at radius 3 is 2.41 bits per heavy atom. The molecule has 17 heavy (non-hydrogen) atoms. The molecule has 0 aliphatic heterocycles. The van der Waals surface area contributed by atoms with Gasteiger partial charge in [-0.2, -0.15) is 13.2 Å². The molecule has 0 aliphatic rings. The van der Waals surface area contributed by atoms with E-state index in [1.54, 1.807) is 22.6 Å². The van der Waals surface area contributed by atoms with E-state index in [0.717, 1.165) is 12.1 Å². The molecule has 0 bridgehead atoms. The van der Waals surface area contributed by atoms with Gasteiger partial charge < -0.3 is 0 Å². The number of halogens is 5. The molecule has 1 aromatic carbocycles. The number of rotatable bonds is 3. The van der Waals surface area contributed by atoms with Crippen molar-refractivity contribution in [3.8, 4) is 0 Å². The monoisotopic (exact) mass is 376 g/mol. The maximum Gasteiger partial charge on any atom is 0.417 e. The molecule has 0 spiro atoms. The van der Waals surface area contributed by atoms with Crippen LogP contribution in [0.4, 0.5) is 13.2 Å². The maximum absolute atomic E-state index is 12.7. The van der Waals surface area contributed by atoms with Crippen LogP contribution in [0.3, 0.4) is 0 Å². The van der Waals surface area contributed by atoms with E-state index in [9.17, 15) is 22.8 Å². The van der Waals surface area contributed by atoms with Crippen LogP contribution in [0.5, 0.6) is 0 Å². The zero-order chi connectivity index (χ0) is 13.2. The molecular formula is C10H5ClF3IO2. The fourth-order valence-corrected chi connectivity index (χ4v) is 1.96. The zero-order valence-electron chi connectivity index (χ0n) is 8.15. The van der Waals surface area contributed by atoms with E-state index in [1.165, 1.54) is 0 Å². The van der Waals surface area contributed by atoms with Gasteiger partial charge in [0.15, 0.2) is 12.1 Å². The average Bonchev–Trinajstić information content (AvgIpc) is 2.26. The van der Waals surface area contributed by atoms with Gasteiger partial charge >= 0.3 is 6.18 Å². The summed E-state index contributed by atoms with van der Waals surface area (Å²) in [6.45, 7) is 0. The first-order valence-corrected chi connectivity index (χ1v) is 5.87. The van der Waals surface area contributed by atoms with E-state index >= 15 is 0 Å². The lowest BCUT2D eigenvalue weighted by Crippen LogP contribution is -2.15. The van der Waals surface area contributed by atoms with Crippen molar-refractivity contribution in [1.29, 1.82) is 0 Å². The van der Waals surface area contributed by atoms with Gasteiger partial charge in [0.1, 0.15) is 0 Å². The molecule has 0 saturated heterocycles. The van der Waals surface area contributed by atoms with E-state index in [4.69, 9.17) is 11.6 Å². The van der Waals surface area contributed by atoms with Gasteiger partial charge in [-0.3, -0.25) is 9.59 Å². The van der Waals surface area contributed by atoms with Gasteiger partial charge in [0.05, 0.1) is 11.4 Å². The number of Topliss-reactive ketones (excluding diaryl/α,β-unsaturated/α-hetero) is 1. The topological polar surface area (TPSA) is 34.1 Å². The van der Waals surface area contributed by atoms with Gasteiger partial charge in [-0.25, -0.2) is 0 Å². The van der Waals surface area contributed by atoms with Crippen LogP contribution in [-0.4, -0.2) is 17.9 Å². The molecule has 0 radical (unpaired) electrons. The van der Waals surface area contributed by atoms with Crippen LogP contribution in [-0.2, 0) is 6.18 Å². The molecule has 0 saturated carbocycles. The Morgan fingerprint density at radius 2 is 2.00 bits per heavy atom. The Morgan fingerprint density at radius 1 is 1.41 bits per heavy atom. The van der Waals surface area contributed by atoms with Crippen molar-refractivity contribution in [2.45, 2.75) is 6.18 Å². The van der Waals surface area contributed by atoms with Crippen LogP contribution in [0.15, 0.2) is 12.1 Å². The summed E-state index contributed by atoms with van der Waals surface area (Å²) < 4.78 is 38.2. The van der Waals surface area contributed by atoms with E-state index < -0.39 is 29.0 Å². The SMILES string of the molecule is O=Cc1cc(C(=O)CCl)c(C(F)(F)F)cc1I. The Bertz CT molecular complexity index is 471. The molecular weight excluding hydrogens is 371 g/mol. The first-order chi connectivity index (χ1) is 7.81. The number of ketones is 1. The lowest BCUT2D eigenvalue weighted by molar-refractivity contribution is -0.137. The van der Waals surface area contributed by atoms with Crippen molar-refractivity contribution in [1.82, 2.24) is 0 Å². The van der Waals surface area contributed by atoms with Crippen LogP contribution >= 0.6 is 34.2 Å². The van der Waals surface area contributed by atoms with Crippen molar-refractivity contribution < 1.29 is 22.8 Å². The molecule has 0 aliphatic carbocycles. The molecule has 1 aromatic rings. The molecule has 7 heteroatoms. The molecule has 0 aromatic heterocycles. The fourth-order valence-electron chi connectivity index (χ4n) is 1.22. The van der Waals surface area contributed by atoms with Gasteiger partial charge in [-0.15, -0.1) is 11.6 Å². The standard InChI is InChI=1S/C10H5ClF3IO2/c11-3-9(17)6-1-5(4-16)8(15)2-7(6)10(12,13)14/h1-2,4H,3H2. The zero-order valence-corrected chi connectivity index (χ0v) is 11.1. The summed E-state index contributed by atoms with van der Waals surface area (Å²) in [4.78, 5) is 21.9. The van der Waals surface area contributed by atoms with Crippen molar-refractivity contribution in [3.63, 3.8) is 0 Å². The summed E-state index contributed by atoms with van der Waals surface area (Å²) >= 11 is 6.84. The lowest BCUT2D eigenvalue weighted by atomic mass is 10.0. The van der Waals surface area contributed by atoms with Gasteiger partial charge in [0.25, 0.3) is 0 Å². The summed E-state index contributed by atoms with van der Waals surface area (Å²) in [5, 5.41) is 0. The second-order valence-corrected chi connectivity index (χ2v) is 4.52. The Kier molecular flexibility index (Phi) is 4.54. The maximum atomic E-state index is 12.7. The first-order valence-electron chi connectivity index (χ1n) is 4.26. The summed E-state index contributed by atoms with van der Waals surface area (Å²) in [5.74, 6) is -1.43. The minimum absolute atomic E-state index is 0.0343. The predicted molar refractivity (Wildman–Crippen MR) is 64.6 cm³/mol. The number of benzene rings is 1. The molecule has 1 rings (SSSR count). The van der Waals surface area contributed by atoms with E-state index in [0.29, 0.717) is 6.29 Å². The first kappa shape index (κ1) is 14.4. The molecule has 0 N–H and O–H groups in total. The predicted octanol–water partition coefficient (Wildman–Crippen LogP) is 3.54. The van der Waals surface area contributed by atoms with Gasteiger partial charge in [-0.1, -0.05) is 0 Å². The Hall–Kier alpha value is -0.630. The van der Waals surface area contributed by atoms with Crippen molar-refractivity contribution >= 4 is 46.3 Å². The normalized spacial score (nSPS) is 11.4. The number of hydrogen-bond donors (Lipinski definition) is 0. The number of hydrogen-bond acceptors (Lipinski definition) is 2. The van der Waals surface area contributed by atoms with Gasteiger partial charge in [0.2, 0.25) is 0 Å². The summed E-state index contributed by atoms with van der Waals surface area (Å²) in [6.07, 6.45) is -4.26. The molecule has 0 unspecified atom stereocenters. The minimum atomic E-state index is -4.65. The molecule has 2 nitrogen and oxygen atoms in total. The molecule has 92 valence electrons. The second-order valence-electron chi connectivity index (χ2n) is 3.09. The van der Waals surface area contributed by atoms with Crippen LogP contribution in [0.2, 0.25) is 0 Å². The largest absolute Gasteiger partial charge is 0.417 e. The minimum Gasteiger partial charge on any atom is -0.298 e. The number of carbonyl (C=O) groups is 2. The van der Waals surface area contributed by atoms with Crippen LogP contribution in [0.1, 0.15) is 26.3 Å². The Labute approximate surface area is 113 Å².